The van der Waals surface area contributed by atoms with Gasteiger partial charge in [0.15, 0.2) is 0 Å². The molecular weight excluding hydrogens is 211 g/mol. The molecule has 0 aromatic heterocycles. The quantitative estimate of drug-likeness (QED) is 0.636. The highest BCUT2D eigenvalue weighted by molar-refractivity contribution is 5.40. The monoisotopic (exact) mass is 226 g/mol. The highest BCUT2D eigenvalue weighted by Crippen LogP contribution is 2.20. The van der Waals surface area contributed by atoms with E-state index in [1.54, 1.807) is 0 Å². The maximum Gasteiger partial charge on any atom is 0.274 e. The van der Waals surface area contributed by atoms with Crippen LogP contribution in [0.1, 0.15) is 26.3 Å². The predicted molar refractivity (Wildman–Crippen MR) is 59.6 cm³/mol. The maximum atomic E-state index is 13.0. The molecule has 1 N–H and O–H groups in total. The van der Waals surface area contributed by atoms with Crippen molar-refractivity contribution in [1.82, 2.24) is 5.32 Å². The van der Waals surface area contributed by atoms with E-state index < -0.39 is 10.7 Å². The Morgan fingerprint density at radius 1 is 1.44 bits per heavy atom. The van der Waals surface area contributed by atoms with Gasteiger partial charge in [-0.25, -0.2) is 4.39 Å². The van der Waals surface area contributed by atoms with E-state index in [0.717, 1.165) is 6.07 Å². The van der Waals surface area contributed by atoms with Crippen molar-refractivity contribution < 1.29 is 9.31 Å². The Kier molecular flexibility index (Phi) is 3.59. The molecule has 0 heterocycles. The van der Waals surface area contributed by atoms with Gasteiger partial charge in [0.05, 0.1) is 4.92 Å². The number of hydrogen-bond acceptors (Lipinski definition) is 3. The summed E-state index contributed by atoms with van der Waals surface area (Å²) in [7, 11) is 0. The van der Waals surface area contributed by atoms with Crippen molar-refractivity contribution in [2.45, 2.75) is 32.9 Å². The molecule has 1 aromatic carbocycles. The van der Waals surface area contributed by atoms with Crippen LogP contribution in [-0.2, 0) is 6.54 Å². The SMILES string of the molecule is CC(C)(C)NCc1cc(F)ccc1[N+](=O)[O-]. The van der Waals surface area contributed by atoms with Gasteiger partial charge in [-0.05, 0) is 32.9 Å². The van der Waals surface area contributed by atoms with Gasteiger partial charge in [-0.2, -0.15) is 0 Å². The third-order valence-corrected chi connectivity index (χ3v) is 2.05. The Bertz CT molecular complexity index is 399. The number of halogens is 1. The Morgan fingerprint density at radius 3 is 2.56 bits per heavy atom. The Balaban J connectivity index is 2.93. The minimum absolute atomic E-state index is 0.0573. The standard InChI is InChI=1S/C11H15FN2O2/c1-11(2,3)13-7-8-6-9(12)4-5-10(8)14(15)16/h4-6,13H,7H2,1-3H3. The van der Waals surface area contributed by atoms with Gasteiger partial charge in [-0.3, -0.25) is 10.1 Å². The van der Waals surface area contributed by atoms with Crippen molar-refractivity contribution in [1.29, 1.82) is 0 Å². The van der Waals surface area contributed by atoms with Crippen molar-refractivity contribution in [2.75, 3.05) is 0 Å². The number of hydrogen-bond donors (Lipinski definition) is 1. The van der Waals surface area contributed by atoms with Crippen LogP contribution in [0.25, 0.3) is 0 Å². The molecule has 0 atom stereocenters. The highest BCUT2D eigenvalue weighted by Gasteiger charge is 2.16. The normalized spacial score (nSPS) is 11.5. The van der Waals surface area contributed by atoms with E-state index in [4.69, 9.17) is 0 Å². The fourth-order valence-corrected chi connectivity index (χ4v) is 1.23. The van der Waals surface area contributed by atoms with E-state index in [9.17, 15) is 14.5 Å². The molecular formula is C11H15FN2O2. The number of nitrogens with one attached hydrogen (secondary N) is 1. The van der Waals surface area contributed by atoms with Gasteiger partial charge in [0.2, 0.25) is 0 Å². The van der Waals surface area contributed by atoms with Crippen LogP contribution < -0.4 is 5.32 Å². The second-order valence-corrected chi connectivity index (χ2v) is 4.63. The summed E-state index contributed by atoms with van der Waals surface area (Å²) in [5, 5.41) is 13.8. The van der Waals surface area contributed by atoms with E-state index in [0.29, 0.717) is 5.56 Å². The average Bonchev–Trinajstić information content (AvgIpc) is 2.13. The predicted octanol–water partition coefficient (Wildman–Crippen LogP) is 2.62. The molecule has 0 unspecified atom stereocenters. The molecule has 0 saturated heterocycles. The molecule has 1 aromatic rings. The molecule has 1 rings (SSSR count). The topological polar surface area (TPSA) is 55.2 Å². The molecule has 88 valence electrons. The van der Waals surface area contributed by atoms with Gasteiger partial charge in [-0.15, -0.1) is 0 Å². The largest absolute Gasteiger partial charge is 0.308 e. The van der Waals surface area contributed by atoms with E-state index in [1.807, 2.05) is 20.8 Å². The lowest BCUT2D eigenvalue weighted by atomic mass is 10.1. The van der Waals surface area contributed by atoms with Crippen LogP contribution in [0, 0.1) is 15.9 Å². The molecule has 16 heavy (non-hydrogen) atoms. The van der Waals surface area contributed by atoms with Gasteiger partial charge in [0, 0.05) is 23.7 Å². The summed E-state index contributed by atoms with van der Waals surface area (Å²) in [4.78, 5) is 10.2. The lowest BCUT2D eigenvalue weighted by Gasteiger charge is -2.20. The van der Waals surface area contributed by atoms with Gasteiger partial charge in [-0.1, -0.05) is 0 Å². The molecule has 0 aliphatic heterocycles. The van der Waals surface area contributed by atoms with E-state index >= 15 is 0 Å². The van der Waals surface area contributed by atoms with Crippen molar-refractivity contribution in [3.63, 3.8) is 0 Å². The zero-order chi connectivity index (χ0) is 12.3. The van der Waals surface area contributed by atoms with E-state index in [-0.39, 0.29) is 17.8 Å². The molecule has 0 saturated carbocycles. The molecule has 0 aliphatic rings. The maximum absolute atomic E-state index is 13.0. The summed E-state index contributed by atoms with van der Waals surface area (Å²) in [5.41, 5.74) is 0.137. The minimum atomic E-state index is -0.501. The summed E-state index contributed by atoms with van der Waals surface area (Å²) in [6.07, 6.45) is 0. The van der Waals surface area contributed by atoms with Crippen LogP contribution in [0.15, 0.2) is 18.2 Å². The van der Waals surface area contributed by atoms with Crippen LogP contribution in [-0.4, -0.2) is 10.5 Å². The number of benzene rings is 1. The van der Waals surface area contributed by atoms with Crippen molar-refractivity contribution >= 4 is 5.69 Å². The van der Waals surface area contributed by atoms with Gasteiger partial charge in [0.1, 0.15) is 5.82 Å². The van der Waals surface area contributed by atoms with Crippen LogP contribution in [0.5, 0.6) is 0 Å². The van der Waals surface area contributed by atoms with Crippen LogP contribution in [0.4, 0.5) is 10.1 Å². The number of rotatable bonds is 3. The fraction of sp³-hybridized carbons (Fsp3) is 0.455. The molecule has 0 spiro atoms. The lowest BCUT2D eigenvalue weighted by Crippen LogP contribution is -2.35. The summed E-state index contributed by atoms with van der Waals surface area (Å²) in [6, 6.07) is 3.48. The smallest absolute Gasteiger partial charge is 0.274 e. The second kappa shape index (κ2) is 4.57. The van der Waals surface area contributed by atoms with Crippen LogP contribution in [0.3, 0.4) is 0 Å². The average molecular weight is 226 g/mol. The van der Waals surface area contributed by atoms with Crippen molar-refractivity contribution in [2.24, 2.45) is 0 Å². The molecule has 0 amide bonds. The molecule has 0 fully saturated rings. The number of nitro benzene ring substituents is 1. The third kappa shape index (κ3) is 3.58. The first-order valence-electron chi connectivity index (χ1n) is 4.97. The summed E-state index contributed by atoms with van der Waals surface area (Å²) >= 11 is 0. The first-order valence-corrected chi connectivity index (χ1v) is 4.97. The van der Waals surface area contributed by atoms with E-state index in [2.05, 4.69) is 5.32 Å². The minimum Gasteiger partial charge on any atom is -0.308 e. The molecule has 0 radical (unpaired) electrons. The van der Waals surface area contributed by atoms with Gasteiger partial charge in [0.25, 0.3) is 5.69 Å². The summed E-state index contributed by atoms with van der Waals surface area (Å²) < 4.78 is 13.0. The van der Waals surface area contributed by atoms with Crippen molar-refractivity contribution in [3.8, 4) is 0 Å². The Hall–Kier alpha value is -1.49. The van der Waals surface area contributed by atoms with Crippen molar-refractivity contribution in [3.05, 3.63) is 39.7 Å². The lowest BCUT2D eigenvalue weighted by molar-refractivity contribution is -0.385. The summed E-state index contributed by atoms with van der Waals surface area (Å²) in [6.45, 7) is 6.10. The van der Waals surface area contributed by atoms with Crippen LogP contribution in [0.2, 0.25) is 0 Å². The zero-order valence-electron chi connectivity index (χ0n) is 9.58. The summed E-state index contributed by atoms with van der Waals surface area (Å²) in [5.74, 6) is -0.462. The number of nitro groups is 1. The first kappa shape index (κ1) is 12.6. The van der Waals surface area contributed by atoms with E-state index in [1.165, 1.54) is 12.1 Å². The zero-order valence-corrected chi connectivity index (χ0v) is 9.58. The van der Waals surface area contributed by atoms with Gasteiger partial charge < -0.3 is 5.32 Å². The first-order chi connectivity index (χ1) is 7.29. The number of nitrogens with zero attached hydrogens (tertiary/aromatic N) is 1. The Morgan fingerprint density at radius 2 is 2.06 bits per heavy atom. The molecule has 0 aliphatic carbocycles. The highest BCUT2D eigenvalue weighted by atomic mass is 19.1. The molecule has 5 heteroatoms. The fourth-order valence-electron chi connectivity index (χ4n) is 1.23. The second-order valence-electron chi connectivity index (χ2n) is 4.63. The Labute approximate surface area is 93.6 Å². The van der Waals surface area contributed by atoms with Gasteiger partial charge >= 0.3 is 0 Å². The third-order valence-electron chi connectivity index (χ3n) is 2.05. The van der Waals surface area contributed by atoms with Crippen LogP contribution >= 0.6 is 0 Å². The molecule has 0 bridgehead atoms. The molecule has 4 nitrogen and oxygen atoms in total.